The molecule has 0 amide bonds. The van der Waals surface area contributed by atoms with Crippen molar-refractivity contribution in [3.05, 3.63) is 67.9 Å². The van der Waals surface area contributed by atoms with Crippen LogP contribution in [-0.4, -0.2) is 21.4 Å². The Kier molecular flexibility index (Phi) is 8.39. The second-order valence-electron chi connectivity index (χ2n) is 6.16. The Labute approximate surface area is 194 Å². The number of ether oxygens (including phenoxy) is 1. The van der Waals surface area contributed by atoms with E-state index >= 15 is 0 Å². The van der Waals surface area contributed by atoms with Crippen LogP contribution in [0.25, 0.3) is 0 Å². The second kappa shape index (κ2) is 10.8. The van der Waals surface area contributed by atoms with Crippen molar-refractivity contribution in [2.75, 3.05) is 6.61 Å². The van der Waals surface area contributed by atoms with Gasteiger partial charge in [-0.1, -0.05) is 64.2 Å². The molecular weight excluding hydrogens is 472 g/mol. The molecule has 0 aliphatic rings. The predicted octanol–water partition coefficient (Wildman–Crippen LogP) is 7.22. The van der Waals surface area contributed by atoms with Crippen molar-refractivity contribution >= 4 is 58.2 Å². The molecule has 3 aromatic rings. The Morgan fingerprint density at radius 1 is 1.00 bits per heavy atom. The molecule has 154 valence electrons. The van der Waals surface area contributed by atoms with Crippen LogP contribution in [0.2, 0.25) is 20.1 Å². The van der Waals surface area contributed by atoms with Crippen molar-refractivity contribution < 1.29 is 4.74 Å². The van der Waals surface area contributed by atoms with Crippen LogP contribution in [0.4, 0.5) is 0 Å². The standard InChI is InChI=1S/C20H19Cl4N3OS/c1-2-27-19(7-4-10-28-18-9-8-13(21)11-17(18)24)25-26-20(27)29-12-14-15(22)5-3-6-16(14)23/h3,5-6,8-9,11H,2,4,7,10,12H2,1H3. The molecule has 0 atom stereocenters. The smallest absolute Gasteiger partial charge is 0.191 e. The highest BCUT2D eigenvalue weighted by molar-refractivity contribution is 7.98. The van der Waals surface area contributed by atoms with E-state index in [2.05, 4.69) is 21.7 Å². The van der Waals surface area contributed by atoms with Crippen LogP contribution >= 0.6 is 58.2 Å². The largest absolute Gasteiger partial charge is 0.492 e. The van der Waals surface area contributed by atoms with Crippen LogP contribution in [0.5, 0.6) is 5.75 Å². The third kappa shape index (κ3) is 5.96. The first-order valence-corrected chi connectivity index (χ1v) is 11.5. The van der Waals surface area contributed by atoms with Crippen LogP contribution in [0.3, 0.4) is 0 Å². The highest BCUT2D eigenvalue weighted by Crippen LogP contribution is 2.31. The van der Waals surface area contributed by atoms with Gasteiger partial charge in [-0.3, -0.25) is 0 Å². The summed E-state index contributed by atoms with van der Waals surface area (Å²) < 4.78 is 7.84. The maximum atomic E-state index is 6.26. The van der Waals surface area contributed by atoms with Gasteiger partial charge in [0.15, 0.2) is 5.16 Å². The van der Waals surface area contributed by atoms with Gasteiger partial charge in [0.05, 0.1) is 11.6 Å². The van der Waals surface area contributed by atoms with Gasteiger partial charge in [0.1, 0.15) is 11.6 Å². The zero-order valence-electron chi connectivity index (χ0n) is 15.7. The van der Waals surface area contributed by atoms with Gasteiger partial charge in [0.25, 0.3) is 0 Å². The van der Waals surface area contributed by atoms with Crippen LogP contribution < -0.4 is 4.74 Å². The lowest BCUT2D eigenvalue weighted by atomic mass is 10.2. The van der Waals surface area contributed by atoms with Crippen molar-refractivity contribution in [1.82, 2.24) is 14.8 Å². The number of halogens is 4. The summed E-state index contributed by atoms with van der Waals surface area (Å²) in [4.78, 5) is 0. The summed E-state index contributed by atoms with van der Waals surface area (Å²) in [7, 11) is 0. The van der Waals surface area contributed by atoms with Gasteiger partial charge in [-0.2, -0.15) is 0 Å². The number of rotatable bonds is 9. The van der Waals surface area contributed by atoms with Gasteiger partial charge in [-0.15, -0.1) is 10.2 Å². The molecule has 29 heavy (non-hydrogen) atoms. The molecular formula is C20H19Cl4N3OS. The first-order chi connectivity index (χ1) is 14.0. The van der Waals surface area contributed by atoms with Gasteiger partial charge in [0, 0.05) is 33.8 Å². The molecule has 0 saturated carbocycles. The fourth-order valence-corrected chi connectivity index (χ4v) is 4.97. The number of nitrogens with zero attached hydrogens (tertiary/aromatic N) is 3. The maximum absolute atomic E-state index is 6.26. The molecule has 0 aliphatic carbocycles. The number of aromatic nitrogens is 3. The number of aryl methyl sites for hydroxylation is 1. The zero-order valence-corrected chi connectivity index (χ0v) is 19.5. The summed E-state index contributed by atoms with van der Waals surface area (Å²) in [5, 5.41) is 11.9. The predicted molar refractivity (Wildman–Crippen MR) is 122 cm³/mol. The molecule has 0 aliphatic heterocycles. The lowest BCUT2D eigenvalue weighted by Crippen LogP contribution is -2.06. The molecule has 0 bridgehead atoms. The van der Waals surface area contributed by atoms with E-state index in [1.807, 2.05) is 18.2 Å². The monoisotopic (exact) mass is 489 g/mol. The van der Waals surface area contributed by atoms with Gasteiger partial charge in [-0.05, 0) is 49.2 Å². The minimum absolute atomic E-state index is 0.506. The lowest BCUT2D eigenvalue weighted by molar-refractivity contribution is 0.309. The van der Waals surface area contributed by atoms with Crippen molar-refractivity contribution in [2.24, 2.45) is 0 Å². The maximum Gasteiger partial charge on any atom is 0.191 e. The molecule has 0 saturated heterocycles. The minimum atomic E-state index is 0.506. The van der Waals surface area contributed by atoms with Crippen LogP contribution in [0.1, 0.15) is 24.7 Å². The molecule has 1 heterocycles. The molecule has 3 rings (SSSR count). The SMILES string of the molecule is CCn1c(CCCOc2ccc(Cl)cc2Cl)nnc1SCc1c(Cl)cccc1Cl. The average molecular weight is 491 g/mol. The molecule has 0 spiro atoms. The summed E-state index contributed by atoms with van der Waals surface area (Å²) in [6.45, 7) is 3.38. The van der Waals surface area contributed by atoms with Crippen molar-refractivity contribution in [1.29, 1.82) is 0 Å². The second-order valence-corrected chi connectivity index (χ2v) is 8.76. The third-order valence-electron chi connectivity index (χ3n) is 4.21. The van der Waals surface area contributed by atoms with E-state index in [-0.39, 0.29) is 0 Å². The third-order valence-corrected chi connectivity index (χ3v) is 6.45. The summed E-state index contributed by atoms with van der Waals surface area (Å²) in [6.07, 6.45) is 1.54. The number of hydrogen-bond acceptors (Lipinski definition) is 4. The molecule has 4 nitrogen and oxygen atoms in total. The fourth-order valence-electron chi connectivity index (χ4n) is 2.74. The van der Waals surface area contributed by atoms with E-state index in [0.717, 1.165) is 35.9 Å². The summed E-state index contributed by atoms with van der Waals surface area (Å²) in [6, 6.07) is 10.7. The molecule has 0 fully saturated rings. The minimum Gasteiger partial charge on any atom is -0.492 e. The van der Waals surface area contributed by atoms with Crippen molar-refractivity contribution in [2.45, 2.75) is 37.2 Å². The molecule has 0 radical (unpaired) electrons. The summed E-state index contributed by atoms with van der Waals surface area (Å²) in [5.41, 5.74) is 0.904. The van der Waals surface area contributed by atoms with E-state index in [9.17, 15) is 0 Å². The summed E-state index contributed by atoms with van der Waals surface area (Å²) >= 11 is 26.1. The topological polar surface area (TPSA) is 39.9 Å². The average Bonchev–Trinajstić information content (AvgIpc) is 3.08. The summed E-state index contributed by atoms with van der Waals surface area (Å²) in [5.74, 6) is 2.18. The van der Waals surface area contributed by atoms with Gasteiger partial charge in [0.2, 0.25) is 0 Å². The normalized spacial score (nSPS) is 11.1. The quantitative estimate of drug-likeness (QED) is 0.234. The Hall–Kier alpha value is -1.11. The highest BCUT2D eigenvalue weighted by Gasteiger charge is 2.13. The van der Waals surface area contributed by atoms with Crippen LogP contribution in [0.15, 0.2) is 41.6 Å². The number of thioether (sulfide) groups is 1. The Morgan fingerprint density at radius 3 is 2.45 bits per heavy atom. The molecule has 9 heteroatoms. The Morgan fingerprint density at radius 2 is 1.76 bits per heavy atom. The van der Waals surface area contributed by atoms with Gasteiger partial charge in [-0.25, -0.2) is 0 Å². The Bertz CT molecular complexity index is 960. The van der Waals surface area contributed by atoms with E-state index in [1.54, 1.807) is 30.0 Å². The van der Waals surface area contributed by atoms with Gasteiger partial charge < -0.3 is 9.30 Å². The van der Waals surface area contributed by atoms with Crippen LogP contribution in [-0.2, 0) is 18.7 Å². The number of hydrogen-bond donors (Lipinski definition) is 0. The fraction of sp³-hybridized carbons (Fsp3) is 0.300. The highest BCUT2D eigenvalue weighted by atomic mass is 35.5. The van der Waals surface area contributed by atoms with E-state index < -0.39 is 0 Å². The lowest BCUT2D eigenvalue weighted by Gasteiger charge is -2.10. The van der Waals surface area contributed by atoms with E-state index in [0.29, 0.717) is 38.2 Å². The molecule has 0 N–H and O–H groups in total. The Balaban J connectivity index is 1.56. The van der Waals surface area contributed by atoms with Crippen molar-refractivity contribution in [3.8, 4) is 5.75 Å². The molecule has 1 aromatic heterocycles. The number of benzene rings is 2. The zero-order chi connectivity index (χ0) is 20.8. The van der Waals surface area contributed by atoms with Crippen molar-refractivity contribution in [3.63, 3.8) is 0 Å². The van der Waals surface area contributed by atoms with E-state index in [1.165, 1.54) is 0 Å². The molecule has 2 aromatic carbocycles. The first-order valence-electron chi connectivity index (χ1n) is 9.05. The van der Waals surface area contributed by atoms with Crippen LogP contribution in [0, 0.1) is 0 Å². The van der Waals surface area contributed by atoms with E-state index in [4.69, 9.17) is 51.1 Å². The van der Waals surface area contributed by atoms with Gasteiger partial charge >= 0.3 is 0 Å². The molecule has 0 unspecified atom stereocenters. The first kappa shape index (κ1) is 22.6.